The number of para-hydroxylation sites is 3. The molecule has 0 radical (unpaired) electrons. The van der Waals surface area contributed by atoms with E-state index in [1.54, 1.807) is 0 Å². The fourth-order valence-electron chi connectivity index (χ4n) is 6.26. The number of fused-ring (bicyclic) bond motifs is 4. The number of benzene rings is 6. The van der Waals surface area contributed by atoms with Crippen LogP contribution in [0.1, 0.15) is 0 Å². The normalized spacial score (nSPS) is 11.5. The van der Waals surface area contributed by atoms with Crippen LogP contribution in [-0.2, 0) is 0 Å². The molecule has 9 rings (SSSR count). The van der Waals surface area contributed by atoms with Crippen LogP contribution in [0.3, 0.4) is 0 Å². The van der Waals surface area contributed by atoms with E-state index >= 15 is 0 Å². The molecule has 0 aliphatic heterocycles. The summed E-state index contributed by atoms with van der Waals surface area (Å²) in [6, 6.07) is 54.8. The minimum Gasteiger partial charge on any atom is -0.291 e. The van der Waals surface area contributed by atoms with Gasteiger partial charge in [-0.1, -0.05) is 121 Å². The summed E-state index contributed by atoms with van der Waals surface area (Å²) in [4.78, 5) is 15.4. The Balaban J connectivity index is 1.20. The highest BCUT2D eigenvalue weighted by Crippen LogP contribution is 2.40. The second kappa shape index (κ2) is 10.9. The molecule has 216 valence electrons. The monoisotopic (exact) mass is 606 g/mol. The molecule has 46 heavy (non-hydrogen) atoms. The number of rotatable bonds is 5. The van der Waals surface area contributed by atoms with Crippen molar-refractivity contribution in [1.82, 2.24) is 19.5 Å². The van der Waals surface area contributed by atoms with Gasteiger partial charge in [0.25, 0.3) is 0 Å². The highest BCUT2D eigenvalue weighted by molar-refractivity contribution is 7.26. The second-order valence-electron chi connectivity index (χ2n) is 11.3. The van der Waals surface area contributed by atoms with Gasteiger partial charge < -0.3 is 0 Å². The summed E-state index contributed by atoms with van der Waals surface area (Å²) < 4.78 is 4.80. The molecule has 6 aromatic carbocycles. The quantitative estimate of drug-likeness (QED) is 0.196. The third-order valence-corrected chi connectivity index (χ3v) is 9.68. The number of hydrogen-bond acceptors (Lipinski definition) is 4. The van der Waals surface area contributed by atoms with E-state index in [1.807, 2.05) is 47.7 Å². The van der Waals surface area contributed by atoms with Gasteiger partial charge in [-0.2, -0.15) is 0 Å². The summed E-state index contributed by atoms with van der Waals surface area (Å²) in [6.45, 7) is 0. The number of aromatic nitrogens is 4. The molecule has 0 unspecified atom stereocenters. The Hall–Kier alpha value is -5.91. The first-order valence-electron chi connectivity index (χ1n) is 15.3. The van der Waals surface area contributed by atoms with Gasteiger partial charge in [-0.05, 0) is 47.5 Å². The van der Waals surface area contributed by atoms with E-state index in [-0.39, 0.29) is 0 Å². The SMILES string of the molecule is c1ccc(-c2cc(-c3nc4ccccc4n3-c3ccccc3)nc(-c3ccc(-c4cccc5c4sc4ccccc45)cc3)n2)cc1. The Kier molecular flexibility index (Phi) is 6.28. The van der Waals surface area contributed by atoms with Crippen molar-refractivity contribution in [3.05, 3.63) is 158 Å². The van der Waals surface area contributed by atoms with Crippen LogP contribution in [0.25, 0.3) is 82.2 Å². The highest BCUT2D eigenvalue weighted by atomic mass is 32.1. The third-order valence-electron chi connectivity index (χ3n) is 8.46. The molecular formula is C41H26N4S. The summed E-state index contributed by atoms with van der Waals surface area (Å²) in [7, 11) is 0. The summed E-state index contributed by atoms with van der Waals surface area (Å²) in [5.41, 5.74) is 9.00. The van der Waals surface area contributed by atoms with Crippen molar-refractivity contribution in [1.29, 1.82) is 0 Å². The molecule has 0 aliphatic rings. The Labute approximate surface area is 269 Å². The average molecular weight is 607 g/mol. The molecule has 0 fully saturated rings. The Morgan fingerprint density at radius 3 is 2.00 bits per heavy atom. The van der Waals surface area contributed by atoms with E-state index in [0.29, 0.717) is 5.82 Å². The van der Waals surface area contributed by atoms with Crippen molar-refractivity contribution >= 4 is 42.5 Å². The van der Waals surface area contributed by atoms with E-state index in [1.165, 1.54) is 31.3 Å². The maximum absolute atomic E-state index is 5.17. The molecule has 5 heteroatoms. The van der Waals surface area contributed by atoms with Crippen molar-refractivity contribution in [3.8, 4) is 51.0 Å². The molecule has 0 saturated heterocycles. The molecule has 9 aromatic rings. The summed E-state index contributed by atoms with van der Waals surface area (Å²) in [6.07, 6.45) is 0. The zero-order chi connectivity index (χ0) is 30.5. The number of nitrogens with zero attached hydrogens (tertiary/aromatic N) is 4. The Morgan fingerprint density at radius 2 is 1.15 bits per heavy atom. The third kappa shape index (κ3) is 4.48. The van der Waals surface area contributed by atoms with Gasteiger partial charge in [0.1, 0.15) is 5.69 Å². The van der Waals surface area contributed by atoms with Gasteiger partial charge >= 0.3 is 0 Å². The van der Waals surface area contributed by atoms with E-state index in [4.69, 9.17) is 15.0 Å². The van der Waals surface area contributed by atoms with Crippen LogP contribution in [0.15, 0.2) is 158 Å². The van der Waals surface area contributed by atoms with Gasteiger partial charge in [-0.15, -0.1) is 11.3 Å². The van der Waals surface area contributed by atoms with Crippen molar-refractivity contribution in [3.63, 3.8) is 0 Å². The lowest BCUT2D eigenvalue weighted by Crippen LogP contribution is -2.01. The van der Waals surface area contributed by atoms with Gasteiger partial charge in [0.2, 0.25) is 0 Å². The zero-order valence-corrected chi connectivity index (χ0v) is 25.5. The maximum atomic E-state index is 5.17. The first kappa shape index (κ1) is 26.5. The van der Waals surface area contributed by atoms with Gasteiger partial charge in [0, 0.05) is 37.0 Å². The lowest BCUT2D eigenvalue weighted by Gasteiger charge is -2.12. The zero-order valence-electron chi connectivity index (χ0n) is 24.7. The molecule has 0 saturated carbocycles. The Bertz CT molecular complexity index is 2510. The topological polar surface area (TPSA) is 43.6 Å². The van der Waals surface area contributed by atoms with E-state index in [9.17, 15) is 0 Å². The number of hydrogen-bond donors (Lipinski definition) is 0. The molecular weight excluding hydrogens is 581 g/mol. The molecule has 3 aromatic heterocycles. The van der Waals surface area contributed by atoms with Crippen LogP contribution < -0.4 is 0 Å². The first-order chi connectivity index (χ1) is 22.8. The van der Waals surface area contributed by atoms with Crippen LogP contribution >= 0.6 is 11.3 Å². The Morgan fingerprint density at radius 1 is 0.478 bits per heavy atom. The van der Waals surface area contributed by atoms with Gasteiger partial charge in [0.15, 0.2) is 11.6 Å². The van der Waals surface area contributed by atoms with E-state index < -0.39 is 0 Å². The smallest absolute Gasteiger partial charge is 0.164 e. The summed E-state index contributed by atoms with van der Waals surface area (Å²) in [5.74, 6) is 1.44. The largest absolute Gasteiger partial charge is 0.291 e. The first-order valence-corrected chi connectivity index (χ1v) is 16.1. The van der Waals surface area contributed by atoms with Gasteiger partial charge in [0.05, 0.1) is 16.7 Å². The van der Waals surface area contributed by atoms with Crippen LogP contribution in [0.4, 0.5) is 0 Å². The van der Waals surface area contributed by atoms with Crippen molar-refractivity contribution in [2.24, 2.45) is 0 Å². The van der Waals surface area contributed by atoms with Crippen LogP contribution in [-0.4, -0.2) is 19.5 Å². The predicted octanol–water partition coefficient (Wildman–Crippen LogP) is 10.9. The van der Waals surface area contributed by atoms with Crippen LogP contribution in [0.2, 0.25) is 0 Å². The van der Waals surface area contributed by atoms with Crippen molar-refractivity contribution < 1.29 is 0 Å². The summed E-state index contributed by atoms with van der Waals surface area (Å²) in [5, 5.41) is 2.60. The van der Waals surface area contributed by atoms with Crippen LogP contribution in [0.5, 0.6) is 0 Å². The van der Waals surface area contributed by atoms with Gasteiger partial charge in [-0.3, -0.25) is 4.57 Å². The molecule has 0 atom stereocenters. The van der Waals surface area contributed by atoms with Crippen LogP contribution in [0, 0.1) is 0 Å². The fourth-order valence-corrected chi connectivity index (χ4v) is 7.50. The fraction of sp³-hybridized carbons (Fsp3) is 0. The molecule has 3 heterocycles. The second-order valence-corrected chi connectivity index (χ2v) is 12.3. The van der Waals surface area contributed by atoms with Gasteiger partial charge in [-0.25, -0.2) is 15.0 Å². The highest BCUT2D eigenvalue weighted by Gasteiger charge is 2.19. The molecule has 0 spiro atoms. The molecule has 4 nitrogen and oxygen atoms in total. The molecule has 0 amide bonds. The van der Waals surface area contributed by atoms with Crippen molar-refractivity contribution in [2.45, 2.75) is 0 Å². The van der Waals surface area contributed by atoms with Crippen molar-refractivity contribution in [2.75, 3.05) is 0 Å². The molecule has 0 aliphatic carbocycles. The predicted molar refractivity (Wildman–Crippen MR) is 191 cm³/mol. The number of thiophene rings is 1. The average Bonchev–Trinajstić information content (AvgIpc) is 3.71. The summed E-state index contributed by atoms with van der Waals surface area (Å²) >= 11 is 1.85. The molecule has 0 bridgehead atoms. The lowest BCUT2D eigenvalue weighted by molar-refractivity contribution is 1.07. The lowest BCUT2D eigenvalue weighted by atomic mass is 10.0. The minimum absolute atomic E-state index is 0.662. The van der Waals surface area contributed by atoms with E-state index in [2.05, 4.69) is 126 Å². The standard InChI is InChI=1S/C41H26N4S/c1-3-12-28(13-4-1)35-26-36(41-44-34-19-8-9-20-37(34)45(41)30-14-5-2-6-15-30)43-40(42-35)29-24-22-27(23-25-29)31-17-11-18-33-32-16-7-10-21-38(32)46-39(31)33/h1-26H. The maximum Gasteiger partial charge on any atom is 0.164 e. The number of imidazole rings is 1. The molecule has 0 N–H and O–H groups in total. The minimum atomic E-state index is 0.662. The van der Waals surface area contributed by atoms with E-state index in [0.717, 1.165) is 45.1 Å².